The zero-order chi connectivity index (χ0) is 14.1. The van der Waals surface area contributed by atoms with Gasteiger partial charge < -0.3 is 9.47 Å². The second-order valence-electron chi connectivity index (χ2n) is 4.14. The van der Waals surface area contributed by atoms with Gasteiger partial charge in [0.25, 0.3) is 0 Å². The Bertz CT molecular complexity index is 426. The number of hydrogen-bond acceptors (Lipinski definition) is 4. The largest absolute Gasteiger partial charge is 0.496 e. The van der Waals surface area contributed by atoms with Crippen molar-refractivity contribution in [3.63, 3.8) is 0 Å². The molecule has 0 aliphatic carbocycles. The maximum Gasteiger partial charge on any atom is 0.305 e. The molecule has 0 aliphatic heterocycles. The summed E-state index contributed by atoms with van der Waals surface area (Å²) in [5.74, 6) is 0.437. The quantitative estimate of drug-likeness (QED) is 0.411. The zero-order valence-corrected chi connectivity index (χ0v) is 11.5. The predicted molar refractivity (Wildman–Crippen MR) is 72.4 cm³/mol. The third-order valence-electron chi connectivity index (χ3n) is 2.75. The minimum absolute atomic E-state index is 0.0429. The number of carbonyl (C=O) groups excluding carboxylic acids is 2. The third-order valence-corrected chi connectivity index (χ3v) is 2.75. The molecule has 0 saturated heterocycles. The minimum atomic E-state index is -0.202. The van der Waals surface area contributed by atoms with Crippen molar-refractivity contribution >= 4 is 11.8 Å². The fourth-order valence-electron chi connectivity index (χ4n) is 1.80. The maximum atomic E-state index is 12.0. The highest BCUT2D eigenvalue weighted by Gasteiger charge is 2.11. The van der Waals surface area contributed by atoms with Crippen LogP contribution >= 0.6 is 0 Å². The summed E-state index contributed by atoms with van der Waals surface area (Å²) in [6.45, 7) is 2.18. The van der Waals surface area contributed by atoms with Crippen molar-refractivity contribution in [3.05, 3.63) is 29.8 Å². The van der Waals surface area contributed by atoms with Gasteiger partial charge in [-0.25, -0.2) is 0 Å². The lowest BCUT2D eigenvalue weighted by Crippen LogP contribution is -2.05. The first-order valence-electron chi connectivity index (χ1n) is 6.50. The summed E-state index contributed by atoms with van der Waals surface area (Å²) < 4.78 is 9.97. The standard InChI is InChI=1S/C15H20O4/c1-3-19-15(17)11-7-5-9-13(16)12-8-4-6-10-14(12)18-2/h4,6,8,10H,3,5,7,9,11H2,1-2H3. The average Bonchev–Trinajstić information content (AvgIpc) is 2.43. The van der Waals surface area contributed by atoms with Crippen LogP contribution in [0.2, 0.25) is 0 Å². The van der Waals surface area contributed by atoms with Gasteiger partial charge in [-0.05, 0) is 31.9 Å². The van der Waals surface area contributed by atoms with E-state index < -0.39 is 0 Å². The molecular formula is C15H20O4. The molecule has 0 saturated carbocycles. The summed E-state index contributed by atoms with van der Waals surface area (Å²) in [6, 6.07) is 7.17. The lowest BCUT2D eigenvalue weighted by Gasteiger charge is -2.07. The normalized spacial score (nSPS) is 10.0. The Morgan fingerprint density at radius 2 is 1.79 bits per heavy atom. The molecule has 0 unspecified atom stereocenters. The molecule has 1 aromatic rings. The molecule has 0 fully saturated rings. The number of esters is 1. The van der Waals surface area contributed by atoms with E-state index in [0.29, 0.717) is 43.6 Å². The average molecular weight is 264 g/mol. The Kier molecular flexibility index (Phi) is 6.64. The molecule has 4 heteroatoms. The minimum Gasteiger partial charge on any atom is -0.496 e. The summed E-state index contributed by atoms with van der Waals surface area (Å²) >= 11 is 0. The first-order chi connectivity index (χ1) is 9.19. The Hall–Kier alpha value is -1.84. The number of ether oxygens (including phenoxy) is 2. The van der Waals surface area contributed by atoms with E-state index in [0.717, 1.165) is 0 Å². The maximum absolute atomic E-state index is 12.0. The van der Waals surface area contributed by atoms with Crippen LogP contribution < -0.4 is 4.74 Å². The molecule has 0 N–H and O–H groups in total. The molecule has 0 spiro atoms. The van der Waals surface area contributed by atoms with E-state index >= 15 is 0 Å². The summed E-state index contributed by atoms with van der Waals surface area (Å²) in [7, 11) is 1.55. The van der Waals surface area contributed by atoms with E-state index in [1.807, 2.05) is 12.1 Å². The molecule has 0 atom stereocenters. The van der Waals surface area contributed by atoms with Crippen molar-refractivity contribution in [1.82, 2.24) is 0 Å². The van der Waals surface area contributed by atoms with Gasteiger partial charge in [0.1, 0.15) is 5.75 Å². The van der Waals surface area contributed by atoms with Crippen molar-refractivity contribution in [2.24, 2.45) is 0 Å². The second kappa shape index (κ2) is 8.29. The Balaban J connectivity index is 2.37. The molecule has 0 heterocycles. The summed E-state index contributed by atoms with van der Waals surface area (Å²) in [4.78, 5) is 23.1. The molecule has 1 rings (SSSR count). The van der Waals surface area contributed by atoms with Gasteiger partial charge in [0.2, 0.25) is 0 Å². The topological polar surface area (TPSA) is 52.6 Å². The number of hydrogen-bond donors (Lipinski definition) is 0. The SMILES string of the molecule is CCOC(=O)CCCCC(=O)c1ccccc1OC. The predicted octanol–water partition coefficient (Wildman–Crippen LogP) is 3.00. The molecule has 4 nitrogen and oxygen atoms in total. The molecule has 0 aromatic heterocycles. The first-order valence-corrected chi connectivity index (χ1v) is 6.50. The zero-order valence-electron chi connectivity index (χ0n) is 11.5. The number of Topliss-reactive ketones (excluding diaryl/α,β-unsaturated/α-hetero) is 1. The van der Waals surface area contributed by atoms with Crippen LogP contribution in [0.25, 0.3) is 0 Å². The molecule has 0 aliphatic rings. The molecule has 1 aromatic carbocycles. The molecule has 0 radical (unpaired) electrons. The number of ketones is 1. The van der Waals surface area contributed by atoms with Crippen molar-refractivity contribution in [3.8, 4) is 5.75 Å². The van der Waals surface area contributed by atoms with Crippen LogP contribution in [-0.4, -0.2) is 25.5 Å². The van der Waals surface area contributed by atoms with Gasteiger partial charge in [-0.3, -0.25) is 9.59 Å². The summed E-state index contributed by atoms with van der Waals surface area (Å²) in [5.41, 5.74) is 0.598. The lowest BCUT2D eigenvalue weighted by atomic mass is 10.0. The monoisotopic (exact) mass is 264 g/mol. The van der Waals surface area contributed by atoms with Gasteiger partial charge in [-0.15, -0.1) is 0 Å². The van der Waals surface area contributed by atoms with E-state index in [1.54, 1.807) is 26.2 Å². The van der Waals surface area contributed by atoms with Crippen molar-refractivity contribution in [1.29, 1.82) is 0 Å². The smallest absolute Gasteiger partial charge is 0.305 e. The third kappa shape index (κ3) is 5.12. The van der Waals surface area contributed by atoms with E-state index in [9.17, 15) is 9.59 Å². The number of carbonyl (C=O) groups is 2. The Labute approximate surface area is 113 Å². The fraction of sp³-hybridized carbons (Fsp3) is 0.467. The van der Waals surface area contributed by atoms with Crippen molar-refractivity contribution in [2.75, 3.05) is 13.7 Å². The number of benzene rings is 1. The van der Waals surface area contributed by atoms with Gasteiger partial charge in [-0.2, -0.15) is 0 Å². The van der Waals surface area contributed by atoms with E-state index in [2.05, 4.69) is 0 Å². The van der Waals surface area contributed by atoms with Gasteiger partial charge in [-0.1, -0.05) is 12.1 Å². The molecular weight excluding hydrogens is 244 g/mol. The van der Waals surface area contributed by atoms with Gasteiger partial charge >= 0.3 is 5.97 Å². The van der Waals surface area contributed by atoms with E-state index in [-0.39, 0.29) is 11.8 Å². The Morgan fingerprint density at radius 1 is 1.11 bits per heavy atom. The van der Waals surface area contributed by atoms with Gasteiger partial charge in [0, 0.05) is 12.8 Å². The molecule has 104 valence electrons. The van der Waals surface area contributed by atoms with Crippen LogP contribution in [0, 0.1) is 0 Å². The van der Waals surface area contributed by atoms with Crippen LogP contribution in [0.3, 0.4) is 0 Å². The molecule has 0 amide bonds. The van der Waals surface area contributed by atoms with E-state index in [1.165, 1.54) is 0 Å². The van der Waals surface area contributed by atoms with Gasteiger partial charge in [0.15, 0.2) is 5.78 Å². The van der Waals surface area contributed by atoms with Crippen molar-refractivity contribution < 1.29 is 19.1 Å². The Morgan fingerprint density at radius 3 is 2.47 bits per heavy atom. The number of para-hydroxylation sites is 1. The first kappa shape index (κ1) is 15.2. The van der Waals surface area contributed by atoms with Crippen LogP contribution in [0.4, 0.5) is 0 Å². The highest BCUT2D eigenvalue weighted by molar-refractivity contribution is 5.98. The fourth-order valence-corrected chi connectivity index (χ4v) is 1.80. The summed E-state index contributed by atoms with van der Waals surface area (Å²) in [6.07, 6.45) is 2.13. The van der Waals surface area contributed by atoms with Crippen LogP contribution in [0.5, 0.6) is 5.75 Å². The van der Waals surface area contributed by atoms with Crippen LogP contribution in [0.15, 0.2) is 24.3 Å². The molecule has 0 bridgehead atoms. The number of rotatable bonds is 8. The van der Waals surface area contributed by atoms with Gasteiger partial charge in [0.05, 0.1) is 19.3 Å². The van der Waals surface area contributed by atoms with Crippen LogP contribution in [-0.2, 0) is 9.53 Å². The lowest BCUT2D eigenvalue weighted by molar-refractivity contribution is -0.143. The second-order valence-corrected chi connectivity index (χ2v) is 4.14. The summed E-state index contributed by atoms with van der Waals surface area (Å²) in [5, 5.41) is 0. The number of unbranched alkanes of at least 4 members (excludes halogenated alkanes) is 1. The molecule has 19 heavy (non-hydrogen) atoms. The van der Waals surface area contributed by atoms with E-state index in [4.69, 9.17) is 9.47 Å². The van der Waals surface area contributed by atoms with Crippen molar-refractivity contribution in [2.45, 2.75) is 32.6 Å². The highest BCUT2D eigenvalue weighted by atomic mass is 16.5. The van der Waals surface area contributed by atoms with Crippen LogP contribution in [0.1, 0.15) is 43.0 Å². The highest BCUT2D eigenvalue weighted by Crippen LogP contribution is 2.20. The number of methoxy groups -OCH3 is 1.